The number of amides is 2. The number of para-hydroxylation sites is 1. The first-order chi connectivity index (χ1) is 12.6. The zero-order valence-electron chi connectivity index (χ0n) is 14.3. The van der Waals surface area contributed by atoms with Crippen LogP contribution < -0.4 is 4.74 Å². The Labute approximate surface area is 165 Å². The van der Waals surface area contributed by atoms with Gasteiger partial charge in [0.15, 0.2) is 0 Å². The summed E-state index contributed by atoms with van der Waals surface area (Å²) in [7, 11) is 0. The summed E-state index contributed by atoms with van der Waals surface area (Å²) in [6.07, 6.45) is 2.48. The first-order valence-corrected chi connectivity index (χ1v) is 9.91. The lowest BCUT2D eigenvalue weighted by Gasteiger charge is -2.11. The van der Waals surface area contributed by atoms with E-state index in [2.05, 4.69) is 15.9 Å². The third-order valence-corrected chi connectivity index (χ3v) is 5.27. The van der Waals surface area contributed by atoms with E-state index in [9.17, 15) is 9.59 Å². The van der Waals surface area contributed by atoms with Gasteiger partial charge in [-0.15, -0.1) is 0 Å². The minimum Gasteiger partial charge on any atom is -0.488 e. The number of hydrogen-bond donors (Lipinski definition) is 0. The molecule has 2 aromatic carbocycles. The van der Waals surface area contributed by atoms with Crippen LogP contribution in [0, 0.1) is 0 Å². The molecule has 0 aliphatic carbocycles. The third kappa shape index (κ3) is 4.37. The summed E-state index contributed by atoms with van der Waals surface area (Å²) in [4.78, 5) is 26.1. The largest absolute Gasteiger partial charge is 0.488 e. The van der Waals surface area contributed by atoms with Gasteiger partial charge in [0.1, 0.15) is 12.4 Å². The van der Waals surface area contributed by atoms with Crippen LogP contribution in [0.2, 0.25) is 0 Å². The highest BCUT2D eigenvalue weighted by Crippen LogP contribution is 2.34. The van der Waals surface area contributed by atoms with Crippen molar-refractivity contribution >= 4 is 44.9 Å². The smallest absolute Gasteiger partial charge is 0.293 e. The molecule has 0 radical (unpaired) electrons. The van der Waals surface area contributed by atoms with E-state index in [4.69, 9.17) is 4.74 Å². The Hall–Kier alpha value is -2.05. The van der Waals surface area contributed by atoms with Gasteiger partial charge in [0.2, 0.25) is 0 Å². The Balaban J connectivity index is 1.78. The molecule has 134 valence electrons. The molecule has 0 aromatic heterocycles. The van der Waals surface area contributed by atoms with Crippen molar-refractivity contribution in [1.29, 1.82) is 0 Å². The van der Waals surface area contributed by atoms with Gasteiger partial charge in [-0.3, -0.25) is 14.5 Å². The van der Waals surface area contributed by atoms with Crippen LogP contribution in [0.3, 0.4) is 0 Å². The zero-order chi connectivity index (χ0) is 18.5. The molecule has 2 aromatic rings. The fourth-order valence-corrected chi connectivity index (χ4v) is 3.65. The van der Waals surface area contributed by atoms with Crippen LogP contribution in [0.25, 0.3) is 6.08 Å². The van der Waals surface area contributed by atoms with Gasteiger partial charge >= 0.3 is 0 Å². The first-order valence-electron chi connectivity index (χ1n) is 8.30. The van der Waals surface area contributed by atoms with Gasteiger partial charge in [0, 0.05) is 16.6 Å². The maximum absolute atomic E-state index is 12.4. The predicted octanol–water partition coefficient (Wildman–Crippen LogP) is 5.47. The molecule has 4 nitrogen and oxygen atoms in total. The molecule has 0 spiro atoms. The van der Waals surface area contributed by atoms with Crippen molar-refractivity contribution in [3.63, 3.8) is 0 Å². The second-order valence-corrected chi connectivity index (χ2v) is 7.70. The third-order valence-electron chi connectivity index (χ3n) is 3.83. The average Bonchev–Trinajstić information content (AvgIpc) is 2.90. The Kier molecular flexibility index (Phi) is 6.16. The molecule has 6 heteroatoms. The number of ether oxygens (including phenoxy) is 1. The van der Waals surface area contributed by atoms with Crippen LogP contribution in [-0.4, -0.2) is 22.6 Å². The molecule has 26 heavy (non-hydrogen) atoms. The molecule has 1 aliphatic rings. The summed E-state index contributed by atoms with van der Waals surface area (Å²) < 4.78 is 6.95. The van der Waals surface area contributed by atoms with Crippen molar-refractivity contribution in [2.75, 3.05) is 6.54 Å². The van der Waals surface area contributed by atoms with E-state index < -0.39 is 0 Å². The normalized spacial score (nSPS) is 15.8. The zero-order valence-corrected chi connectivity index (χ0v) is 16.7. The Bertz CT molecular complexity index is 848. The molecule has 0 bridgehead atoms. The topological polar surface area (TPSA) is 46.6 Å². The number of thioether (sulfide) groups is 1. The summed E-state index contributed by atoms with van der Waals surface area (Å²) in [6, 6.07) is 15.4. The van der Waals surface area contributed by atoms with Crippen LogP contribution >= 0.6 is 27.7 Å². The SMILES string of the molecule is CCCN1C(=O)S/C(=C/c2ccccc2OCc2ccc(Br)cc2)C1=O. The number of rotatable bonds is 6. The van der Waals surface area contributed by atoms with Crippen molar-refractivity contribution < 1.29 is 14.3 Å². The average molecular weight is 432 g/mol. The number of nitrogens with zero attached hydrogens (tertiary/aromatic N) is 1. The fourth-order valence-electron chi connectivity index (χ4n) is 2.53. The summed E-state index contributed by atoms with van der Waals surface area (Å²) in [6.45, 7) is 2.82. The Morgan fingerprint density at radius 2 is 1.85 bits per heavy atom. The lowest BCUT2D eigenvalue weighted by molar-refractivity contribution is -0.122. The van der Waals surface area contributed by atoms with Crippen molar-refractivity contribution in [3.8, 4) is 5.75 Å². The second-order valence-electron chi connectivity index (χ2n) is 5.79. The molecule has 0 N–H and O–H groups in total. The quantitative estimate of drug-likeness (QED) is 0.568. The molecule has 0 saturated carbocycles. The van der Waals surface area contributed by atoms with Gasteiger partial charge in [-0.1, -0.05) is 53.2 Å². The highest BCUT2D eigenvalue weighted by atomic mass is 79.9. The molecular weight excluding hydrogens is 414 g/mol. The highest BCUT2D eigenvalue weighted by molar-refractivity contribution is 9.10. The fraction of sp³-hybridized carbons (Fsp3) is 0.200. The van der Waals surface area contributed by atoms with Crippen LogP contribution in [0.1, 0.15) is 24.5 Å². The maximum atomic E-state index is 12.4. The van der Waals surface area contributed by atoms with Gasteiger partial charge in [0.05, 0.1) is 4.91 Å². The summed E-state index contributed by atoms with van der Waals surface area (Å²) in [5, 5.41) is -0.212. The number of carbonyl (C=O) groups is 2. The number of carbonyl (C=O) groups excluding carboxylic acids is 2. The molecule has 0 unspecified atom stereocenters. The summed E-state index contributed by atoms with van der Waals surface area (Å²) >= 11 is 4.39. The maximum Gasteiger partial charge on any atom is 0.293 e. The standard InChI is InChI=1S/C20H18BrNO3S/c1-2-11-22-19(23)18(26-20(22)24)12-15-5-3-4-6-17(15)25-13-14-7-9-16(21)10-8-14/h3-10,12H,2,11,13H2,1H3/b18-12+. The molecule has 1 heterocycles. The van der Waals surface area contributed by atoms with Gasteiger partial charge in [-0.05, 0) is 48.0 Å². The molecule has 1 saturated heterocycles. The Morgan fingerprint density at radius 3 is 2.58 bits per heavy atom. The van der Waals surface area contributed by atoms with Crippen LogP contribution in [0.5, 0.6) is 5.75 Å². The first kappa shape index (κ1) is 18.7. The predicted molar refractivity (Wildman–Crippen MR) is 108 cm³/mol. The van der Waals surface area contributed by atoms with Gasteiger partial charge < -0.3 is 4.74 Å². The lowest BCUT2D eigenvalue weighted by Crippen LogP contribution is -2.28. The van der Waals surface area contributed by atoms with Crippen LogP contribution in [0.4, 0.5) is 4.79 Å². The molecular formula is C20H18BrNO3S. The lowest BCUT2D eigenvalue weighted by atomic mass is 10.1. The van der Waals surface area contributed by atoms with E-state index in [-0.39, 0.29) is 11.1 Å². The van der Waals surface area contributed by atoms with E-state index in [1.165, 1.54) is 4.90 Å². The Morgan fingerprint density at radius 1 is 1.12 bits per heavy atom. The van der Waals surface area contributed by atoms with E-state index in [0.29, 0.717) is 23.8 Å². The van der Waals surface area contributed by atoms with Crippen molar-refractivity contribution in [2.45, 2.75) is 20.0 Å². The minimum absolute atomic E-state index is 0.212. The van der Waals surface area contributed by atoms with E-state index in [0.717, 1.165) is 33.8 Å². The number of hydrogen-bond acceptors (Lipinski definition) is 4. The molecule has 3 rings (SSSR count). The van der Waals surface area contributed by atoms with Crippen LogP contribution in [0.15, 0.2) is 57.9 Å². The molecule has 2 amide bonds. The van der Waals surface area contributed by atoms with Crippen molar-refractivity contribution in [1.82, 2.24) is 4.90 Å². The van der Waals surface area contributed by atoms with Crippen molar-refractivity contribution in [2.24, 2.45) is 0 Å². The number of imide groups is 1. The molecule has 1 aliphatic heterocycles. The molecule has 0 atom stereocenters. The minimum atomic E-state index is -0.232. The van der Waals surface area contributed by atoms with E-state index in [1.54, 1.807) is 6.08 Å². The van der Waals surface area contributed by atoms with Crippen LogP contribution in [-0.2, 0) is 11.4 Å². The van der Waals surface area contributed by atoms with Gasteiger partial charge in [-0.25, -0.2) is 0 Å². The number of benzene rings is 2. The highest BCUT2D eigenvalue weighted by Gasteiger charge is 2.34. The van der Waals surface area contributed by atoms with Crippen molar-refractivity contribution in [3.05, 3.63) is 69.0 Å². The van der Waals surface area contributed by atoms with Gasteiger partial charge in [-0.2, -0.15) is 0 Å². The van der Waals surface area contributed by atoms with Gasteiger partial charge in [0.25, 0.3) is 11.1 Å². The summed E-state index contributed by atoms with van der Waals surface area (Å²) in [5.41, 5.74) is 1.83. The van der Waals surface area contributed by atoms with E-state index >= 15 is 0 Å². The number of halogens is 1. The monoisotopic (exact) mass is 431 g/mol. The van der Waals surface area contributed by atoms with E-state index in [1.807, 2.05) is 55.5 Å². The second kappa shape index (κ2) is 8.56. The summed E-state index contributed by atoms with van der Waals surface area (Å²) in [5.74, 6) is 0.447. The molecule has 1 fully saturated rings.